The molecule has 1 fully saturated rings. The van der Waals surface area contributed by atoms with E-state index in [2.05, 4.69) is 22.1 Å². The molecule has 0 spiro atoms. The molecular formula is C15H26N4O. The predicted molar refractivity (Wildman–Crippen MR) is 82.4 cm³/mol. The van der Waals surface area contributed by atoms with Crippen molar-refractivity contribution in [3.8, 4) is 0 Å². The van der Waals surface area contributed by atoms with Crippen LogP contribution in [0.25, 0.3) is 0 Å². The second kappa shape index (κ2) is 6.39. The third-order valence-electron chi connectivity index (χ3n) is 4.26. The molecule has 2 atom stereocenters. The van der Waals surface area contributed by atoms with Crippen molar-refractivity contribution in [2.24, 2.45) is 0 Å². The van der Waals surface area contributed by atoms with Crippen molar-refractivity contribution in [3.05, 3.63) is 22.7 Å². The maximum atomic E-state index is 12.6. The molecule has 0 saturated carbocycles. The van der Waals surface area contributed by atoms with E-state index < -0.39 is 0 Å². The molecule has 5 heteroatoms. The van der Waals surface area contributed by atoms with E-state index in [-0.39, 0.29) is 11.6 Å². The summed E-state index contributed by atoms with van der Waals surface area (Å²) in [5, 5.41) is 3.31. The lowest BCUT2D eigenvalue weighted by Gasteiger charge is -2.39. The first-order valence-electron chi connectivity index (χ1n) is 7.57. The molecule has 2 rings (SSSR count). The van der Waals surface area contributed by atoms with Gasteiger partial charge in [0, 0.05) is 37.1 Å². The minimum absolute atomic E-state index is 0.0257. The van der Waals surface area contributed by atoms with Gasteiger partial charge in [0.2, 0.25) is 0 Å². The normalized spacial score (nSPS) is 21.2. The number of rotatable bonds is 4. The van der Waals surface area contributed by atoms with Crippen molar-refractivity contribution in [2.75, 3.05) is 18.5 Å². The van der Waals surface area contributed by atoms with Crippen molar-refractivity contribution in [3.63, 3.8) is 0 Å². The standard InChI is InChI=1S/C15H26N4O/c1-11(2)18-10-8-17-14(15(18)20)19-9-6-5-7-13(19)12(3)16-4/h8,10-13,16H,5-7,9H2,1-4H3. The number of anilines is 1. The van der Waals surface area contributed by atoms with E-state index in [4.69, 9.17) is 0 Å². The van der Waals surface area contributed by atoms with Crippen LogP contribution in [0.3, 0.4) is 0 Å². The van der Waals surface area contributed by atoms with Gasteiger partial charge in [-0.2, -0.15) is 0 Å². The van der Waals surface area contributed by atoms with E-state index in [1.807, 2.05) is 20.9 Å². The molecule has 1 aromatic rings. The lowest BCUT2D eigenvalue weighted by atomic mass is 9.96. The van der Waals surface area contributed by atoms with E-state index in [1.165, 1.54) is 6.42 Å². The Kier molecular flexibility index (Phi) is 4.81. The molecule has 112 valence electrons. The van der Waals surface area contributed by atoms with Crippen LogP contribution in [-0.4, -0.2) is 35.2 Å². The molecule has 0 radical (unpaired) electrons. The van der Waals surface area contributed by atoms with Crippen molar-refractivity contribution < 1.29 is 0 Å². The lowest BCUT2D eigenvalue weighted by Crippen LogP contribution is -2.52. The highest BCUT2D eigenvalue weighted by molar-refractivity contribution is 5.38. The van der Waals surface area contributed by atoms with Crippen LogP contribution in [0.1, 0.15) is 46.1 Å². The summed E-state index contributed by atoms with van der Waals surface area (Å²) in [6.07, 6.45) is 6.98. The van der Waals surface area contributed by atoms with Crippen LogP contribution in [0.15, 0.2) is 17.2 Å². The molecule has 1 aliphatic rings. The maximum Gasteiger partial charge on any atom is 0.293 e. The summed E-state index contributed by atoms with van der Waals surface area (Å²) in [5.74, 6) is 0.605. The molecular weight excluding hydrogens is 252 g/mol. The van der Waals surface area contributed by atoms with Crippen LogP contribution in [0.5, 0.6) is 0 Å². The largest absolute Gasteiger partial charge is 0.347 e. The Hall–Kier alpha value is -1.36. The summed E-state index contributed by atoms with van der Waals surface area (Å²) < 4.78 is 1.76. The molecule has 5 nitrogen and oxygen atoms in total. The second-order valence-electron chi connectivity index (χ2n) is 5.89. The fourth-order valence-electron chi connectivity index (χ4n) is 2.95. The molecule has 2 unspecified atom stereocenters. The average Bonchev–Trinajstić information content (AvgIpc) is 2.46. The number of aromatic nitrogens is 2. The number of hydrogen-bond acceptors (Lipinski definition) is 4. The Morgan fingerprint density at radius 3 is 2.75 bits per heavy atom. The van der Waals surface area contributed by atoms with Crippen molar-refractivity contribution >= 4 is 5.82 Å². The molecule has 20 heavy (non-hydrogen) atoms. The number of piperidine rings is 1. The van der Waals surface area contributed by atoms with Gasteiger partial charge in [-0.05, 0) is 47.1 Å². The predicted octanol–water partition coefficient (Wildman–Crippen LogP) is 1.79. The van der Waals surface area contributed by atoms with Gasteiger partial charge in [0.05, 0.1) is 0 Å². The Labute approximate surface area is 121 Å². The lowest BCUT2D eigenvalue weighted by molar-refractivity contribution is 0.378. The molecule has 1 N–H and O–H groups in total. The van der Waals surface area contributed by atoms with Gasteiger partial charge in [-0.1, -0.05) is 0 Å². The van der Waals surface area contributed by atoms with E-state index in [0.717, 1.165) is 19.4 Å². The fourth-order valence-corrected chi connectivity index (χ4v) is 2.95. The number of nitrogens with one attached hydrogen (secondary N) is 1. The quantitative estimate of drug-likeness (QED) is 0.912. The van der Waals surface area contributed by atoms with E-state index >= 15 is 0 Å². The SMILES string of the molecule is CNC(C)C1CCCCN1c1nccn(C(C)C)c1=O. The number of likely N-dealkylation sites (N-methyl/N-ethyl adjacent to an activating group) is 1. The van der Waals surface area contributed by atoms with Crippen LogP contribution >= 0.6 is 0 Å². The molecule has 0 bridgehead atoms. The number of hydrogen-bond donors (Lipinski definition) is 1. The highest BCUT2D eigenvalue weighted by atomic mass is 16.1. The van der Waals surface area contributed by atoms with Crippen LogP contribution < -0.4 is 15.8 Å². The van der Waals surface area contributed by atoms with Gasteiger partial charge in [0.25, 0.3) is 5.56 Å². The molecule has 1 aromatic heterocycles. The first-order chi connectivity index (χ1) is 9.56. The zero-order chi connectivity index (χ0) is 14.7. The Morgan fingerprint density at radius 2 is 2.10 bits per heavy atom. The van der Waals surface area contributed by atoms with Crippen molar-refractivity contribution in [1.29, 1.82) is 0 Å². The van der Waals surface area contributed by atoms with Crippen LogP contribution in [-0.2, 0) is 0 Å². The van der Waals surface area contributed by atoms with Gasteiger partial charge in [0.1, 0.15) is 0 Å². The van der Waals surface area contributed by atoms with Gasteiger partial charge in [0.15, 0.2) is 5.82 Å². The molecule has 0 amide bonds. The van der Waals surface area contributed by atoms with Crippen molar-refractivity contribution in [2.45, 2.75) is 58.2 Å². The van der Waals surface area contributed by atoms with Gasteiger partial charge in [-0.15, -0.1) is 0 Å². The van der Waals surface area contributed by atoms with Crippen LogP contribution in [0.2, 0.25) is 0 Å². The van der Waals surface area contributed by atoms with E-state index in [1.54, 1.807) is 17.0 Å². The highest BCUT2D eigenvalue weighted by Gasteiger charge is 2.29. The number of nitrogens with zero attached hydrogens (tertiary/aromatic N) is 3. The summed E-state index contributed by atoms with van der Waals surface area (Å²) >= 11 is 0. The Morgan fingerprint density at radius 1 is 1.35 bits per heavy atom. The molecule has 2 heterocycles. The van der Waals surface area contributed by atoms with Gasteiger partial charge >= 0.3 is 0 Å². The van der Waals surface area contributed by atoms with Gasteiger partial charge in [-0.3, -0.25) is 4.79 Å². The first kappa shape index (κ1) is 15.0. The monoisotopic (exact) mass is 278 g/mol. The summed E-state index contributed by atoms with van der Waals surface area (Å²) in [7, 11) is 1.97. The molecule has 1 saturated heterocycles. The zero-order valence-corrected chi connectivity index (χ0v) is 13.0. The summed E-state index contributed by atoms with van der Waals surface area (Å²) in [4.78, 5) is 19.2. The Bertz CT molecular complexity index is 497. The fraction of sp³-hybridized carbons (Fsp3) is 0.733. The first-order valence-corrected chi connectivity index (χ1v) is 7.57. The summed E-state index contributed by atoms with van der Waals surface area (Å²) in [6.45, 7) is 7.14. The summed E-state index contributed by atoms with van der Waals surface area (Å²) in [5.41, 5.74) is 0.0257. The van der Waals surface area contributed by atoms with Crippen LogP contribution in [0, 0.1) is 0 Å². The average molecular weight is 278 g/mol. The molecule has 0 aromatic carbocycles. The topological polar surface area (TPSA) is 50.2 Å². The van der Waals surface area contributed by atoms with E-state index in [0.29, 0.717) is 17.9 Å². The molecule has 0 aliphatic carbocycles. The smallest absolute Gasteiger partial charge is 0.293 e. The van der Waals surface area contributed by atoms with E-state index in [9.17, 15) is 4.79 Å². The molecule has 1 aliphatic heterocycles. The third kappa shape index (κ3) is 2.87. The maximum absolute atomic E-state index is 12.6. The minimum Gasteiger partial charge on any atom is -0.347 e. The summed E-state index contributed by atoms with van der Waals surface area (Å²) in [6, 6.07) is 0.857. The van der Waals surface area contributed by atoms with Gasteiger partial charge < -0.3 is 14.8 Å². The van der Waals surface area contributed by atoms with Crippen LogP contribution in [0.4, 0.5) is 5.82 Å². The van der Waals surface area contributed by atoms with Gasteiger partial charge in [-0.25, -0.2) is 4.98 Å². The minimum atomic E-state index is 0.0257. The highest BCUT2D eigenvalue weighted by Crippen LogP contribution is 2.23. The second-order valence-corrected chi connectivity index (χ2v) is 5.89. The third-order valence-corrected chi connectivity index (χ3v) is 4.26. The zero-order valence-electron chi connectivity index (χ0n) is 13.0. The van der Waals surface area contributed by atoms with Crippen molar-refractivity contribution in [1.82, 2.24) is 14.9 Å². The Balaban J connectivity index is 2.38.